The zero-order valence-corrected chi connectivity index (χ0v) is 15.8. The van der Waals surface area contributed by atoms with E-state index in [2.05, 4.69) is 5.32 Å². The van der Waals surface area contributed by atoms with Crippen molar-refractivity contribution in [3.63, 3.8) is 0 Å². The van der Waals surface area contributed by atoms with Crippen LogP contribution in [0.2, 0.25) is 5.02 Å². The Morgan fingerprint density at radius 3 is 2.42 bits per heavy atom. The lowest BCUT2D eigenvalue weighted by atomic mass is 10.1. The van der Waals surface area contributed by atoms with Gasteiger partial charge in [0.05, 0.1) is 5.69 Å². The van der Waals surface area contributed by atoms with Crippen molar-refractivity contribution in [3.05, 3.63) is 64.7 Å². The van der Waals surface area contributed by atoms with Crippen LogP contribution in [-0.2, 0) is 9.59 Å². The van der Waals surface area contributed by atoms with Gasteiger partial charge in [-0.05, 0) is 54.2 Å². The third kappa shape index (κ3) is 3.61. The van der Waals surface area contributed by atoms with Gasteiger partial charge in [-0.3, -0.25) is 19.8 Å². The molecule has 2 amide bonds. The SMILES string of the molecule is CN(C)c1ccc(/C=C2/C(=O)NC(=S)N(c3cccc(Cl)c3)C2=O)cc1. The van der Waals surface area contributed by atoms with Gasteiger partial charge in [-0.15, -0.1) is 0 Å². The summed E-state index contributed by atoms with van der Waals surface area (Å²) in [5.41, 5.74) is 2.28. The van der Waals surface area contributed by atoms with Gasteiger partial charge in [0.15, 0.2) is 5.11 Å². The molecule has 1 aliphatic rings. The molecule has 0 aliphatic carbocycles. The molecule has 1 aliphatic heterocycles. The molecule has 0 radical (unpaired) electrons. The highest BCUT2D eigenvalue weighted by molar-refractivity contribution is 7.80. The van der Waals surface area contributed by atoms with Crippen molar-refractivity contribution in [3.8, 4) is 0 Å². The summed E-state index contributed by atoms with van der Waals surface area (Å²) in [6.07, 6.45) is 1.55. The maximum atomic E-state index is 12.9. The van der Waals surface area contributed by atoms with Crippen LogP contribution in [0.15, 0.2) is 54.1 Å². The fraction of sp³-hybridized carbons (Fsp3) is 0.105. The molecule has 3 rings (SSSR count). The molecule has 0 spiro atoms. The number of nitrogens with zero attached hydrogens (tertiary/aromatic N) is 2. The summed E-state index contributed by atoms with van der Waals surface area (Å²) in [4.78, 5) is 28.4. The number of amides is 2. The highest BCUT2D eigenvalue weighted by Crippen LogP contribution is 2.25. The van der Waals surface area contributed by atoms with Crippen LogP contribution in [0.25, 0.3) is 6.08 Å². The van der Waals surface area contributed by atoms with Gasteiger partial charge in [0.2, 0.25) is 0 Å². The first-order chi connectivity index (χ1) is 12.4. The first kappa shape index (κ1) is 18.1. The molecule has 2 aromatic carbocycles. The van der Waals surface area contributed by atoms with E-state index >= 15 is 0 Å². The topological polar surface area (TPSA) is 52.7 Å². The fourth-order valence-electron chi connectivity index (χ4n) is 2.54. The Bertz CT molecular complexity index is 923. The van der Waals surface area contributed by atoms with Crippen molar-refractivity contribution >= 4 is 58.2 Å². The Morgan fingerprint density at radius 1 is 1.12 bits per heavy atom. The third-order valence-corrected chi connectivity index (χ3v) is 4.41. The number of hydrogen-bond acceptors (Lipinski definition) is 4. The largest absolute Gasteiger partial charge is 0.378 e. The Morgan fingerprint density at radius 2 is 1.81 bits per heavy atom. The molecule has 1 heterocycles. The summed E-state index contributed by atoms with van der Waals surface area (Å²) >= 11 is 11.2. The van der Waals surface area contributed by atoms with E-state index in [9.17, 15) is 9.59 Å². The van der Waals surface area contributed by atoms with E-state index in [-0.39, 0.29) is 10.7 Å². The van der Waals surface area contributed by atoms with Gasteiger partial charge in [0.25, 0.3) is 11.8 Å². The quantitative estimate of drug-likeness (QED) is 0.500. The van der Waals surface area contributed by atoms with Crippen LogP contribution < -0.4 is 15.1 Å². The Kier molecular flexibility index (Phi) is 5.06. The van der Waals surface area contributed by atoms with Gasteiger partial charge in [-0.2, -0.15) is 0 Å². The third-order valence-electron chi connectivity index (χ3n) is 3.89. The van der Waals surface area contributed by atoms with Crippen molar-refractivity contribution in [2.75, 3.05) is 23.9 Å². The van der Waals surface area contributed by atoms with Crippen LogP contribution in [0.1, 0.15) is 5.56 Å². The van der Waals surface area contributed by atoms with Crippen molar-refractivity contribution < 1.29 is 9.59 Å². The number of hydrogen-bond donors (Lipinski definition) is 1. The molecular formula is C19H16ClN3O2S. The maximum absolute atomic E-state index is 12.9. The number of carbonyl (C=O) groups excluding carboxylic acids is 2. The molecule has 0 saturated carbocycles. The molecule has 1 N–H and O–H groups in total. The minimum absolute atomic E-state index is 0.0104. The van der Waals surface area contributed by atoms with Crippen LogP contribution in [0.4, 0.5) is 11.4 Å². The van der Waals surface area contributed by atoms with Gasteiger partial charge in [0, 0.05) is 24.8 Å². The van der Waals surface area contributed by atoms with E-state index in [0.717, 1.165) is 11.3 Å². The zero-order chi connectivity index (χ0) is 18.8. The zero-order valence-electron chi connectivity index (χ0n) is 14.2. The van der Waals surface area contributed by atoms with Crippen molar-refractivity contribution in [2.45, 2.75) is 0 Å². The summed E-state index contributed by atoms with van der Waals surface area (Å²) in [6, 6.07) is 14.3. The molecule has 0 bridgehead atoms. The van der Waals surface area contributed by atoms with Crippen LogP contribution in [0, 0.1) is 0 Å². The first-order valence-electron chi connectivity index (χ1n) is 7.81. The monoisotopic (exact) mass is 385 g/mol. The highest BCUT2D eigenvalue weighted by atomic mass is 35.5. The highest BCUT2D eigenvalue weighted by Gasteiger charge is 2.34. The number of anilines is 2. The van der Waals surface area contributed by atoms with Crippen LogP contribution >= 0.6 is 23.8 Å². The molecular weight excluding hydrogens is 370 g/mol. The molecule has 0 unspecified atom stereocenters. The molecule has 0 aromatic heterocycles. The average Bonchev–Trinajstić information content (AvgIpc) is 2.59. The van der Waals surface area contributed by atoms with Gasteiger partial charge >= 0.3 is 0 Å². The average molecular weight is 386 g/mol. The van der Waals surface area contributed by atoms with Gasteiger partial charge in [-0.25, -0.2) is 0 Å². The second-order valence-electron chi connectivity index (χ2n) is 5.92. The van der Waals surface area contributed by atoms with Crippen molar-refractivity contribution in [1.29, 1.82) is 0 Å². The molecule has 2 aromatic rings. The van der Waals surface area contributed by atoms with Crippen molar-refractivity contribution in [2.24, 2.45) is 0 Å². The fourth-order valence-corrected chi connectivity index (χ4v) is 3.01. The predicted molar refractivity (Wildman–Crippen MR) is 108 cm³/mol. The lowest BCUT2D eigenvalue weighted by Gasteiger charge is -2.29. The second-order valence-corrected chi connectivity index (χ2v) is 6.75. The Hall–Kier alpha value is -2.70. The number of carbonyl (C=O) groups is 2. The van der Waals surface area contributed by atoms with Gasteiger partial charge in [-0.1, -0.05) is 29.8 Å². The summed E-state index contributed by atoms with van der Waals surface area (Å²) in [5, 5.41) is 3.06. The van der Waals surface area contributed by atoms with Gasteiger partial charge < -0.3 is 4.90 Å². The summed E-state index contributed by atoms with van der Waals surface area (Å²) in [5.74, 6) is -1.01. The lowest BCUT2D eigenvalue weighted by molar-refractivity contribution is -0.122. The number of halogens is 1. The van der Waals surface area contributed by atoms with Crippen LogP contribution in [0.3, 0.4) is 0 Å². The van der Waals surface area contributed by atoms with E-state index in [0.29, 0.717) is 10.7 Å². The minimum Gasteiger partial charge on any atom is -0.378 e. The minimum atomic E-state index is -0.519. The van der Waals surface area contributed by atoms with E-state index < -0.39 is 11.8 Å². The molecule has 132 valence electrons. The van der Waals surface area contributed by atoms with Crippen LogP contribution in [0.5, 0.6) is 0 Å². The number of thiocarbonyl (C=S) groups is 1. The van der Waals surface area contributed by atoms with Gasteiger partial charge in [0.1, 0.15) is 5.57 Å². The molecule has 1 fully saturated rings. The predicted octanol–water partition coefficient (Wildman–Crippen LogP) is 3.24. The standard InChI is InChI=1S/C19H16ClN3O2S/c1-22(2)14-8-6-12(7-9-14)10-16-17(24)21-19(26)23(18(16)25)15-5-3-4-13(20)11-15/h3-11H,1-2H3,(H,21,24,26)/b16-10-. The smallest absolute Gasteiger partial charge is 0.270 e. The normalized spacial score (nSPS) is 16.0. The summed E-state index contributed by atoms with van der Waals surface area (Å²) in [7, 11) is 3.88. The Labute approximate surface area is 161 Å². The molecule has 7 heteroatoms. The molecule has 0 atom stereocenters. The molecule has 1 saturated heterocycles. The lowest BCUT2D eigenvalue weighted by Crippen LogP contribution is -2.54. The van der Waals surface area contributed by atoms with E-state index in [1.54, 1.807) is 30.3 Å². The van der Waals surface area contributed by atoms with E-state index in [1.807, 2.05) is 43.3 Å². The Balaban J connectivity index is 1.97. The van der Waals surface area contributed by atoms with Crippen molar-refractivity contribution in [1.82, 2.24) is 5.32 Å². The number of benzene rings is 2. The first-order valence-corrected chi connectivity index (χ1v) is 8.60. The number of rotatable bonds is 3. The van der Waals surface area contributed by atoms with E-state index in [4.69, 9.17) is 23.8 Å². The van der Waals surface area contributed by atoms with E-state index in [1.165, 1.54) is 4.90 Å². The molecule has 26 heavy (non-hydrogen) atoms. The maximum Gasteiger partial charge on any atom is 0.270 e. The van der Waals surface area contributed by atoms with Crippen LogP contribution in [-0.4, -0.2) is 31.0 Å². The summed E-state index contributed by atoms with van der Waals surface area (Å²) in [6.45, 7) is 0. The number of nitrogens with one attached hydrogen (secondary N) is 1. The second kappa shape index (κ2) is 7.27. The summed E-state index contributed by atoms with van der Waals surface area (Å²) < 4.78 is 0. The molecule has 5 nitrogen and oxygen atoms in total.